The Morgan fingerprint density at radius 1 is 1.29 bits per heavy atom. The third kappa shape index (κ3) is 3.57. The molecule has 0 aliphatic carbocycles. The first-order chi connectivity index (χ1) is 9.86. The number of rotatable bonds is 4. The van der Waals surface area contributed by atoms with Crippen LogP contribution in [0.15, 0.2) is 40.9 Å². The molecule has 0 aliphatic heterocycles. The van der Waals surface area contributed by atoms with Crippen molar-refractivity contribution in [2.45, 2.75) is 6.92 Å². The second kappa shape index (κ2) is 5.92. The lowest BCUT2D eigenvalue weighted by Gasteiger charge is -2.09. The Morgan fingerprint density at radius 2 is 2.00 bits per heavy atom. The summed E-state index contributed by atoms with van der Waals surface area (Å²) >= 11 is 3.20. The van der Waals surface area contributed by atoms with Gasteiger partial charge in [0.1, 0.15) is 11.5 Å². The maximum Gasteiger partial charge on any atom is 0.335 e. The normalized spacial score (nSPS) is 10.2. The van der Waals surface area contributed by atoms with Crippen molar-refractivity contribution in [2.75, 3.05) is 0 Å². The number of aromatic carboxylic acids is 1. The SMILES string of the molecule is Cc1ccc([N+](=O)[O-])cc1Oc1cc(Br)cc(C(=O)O)c1. The van der Waals surface area contributed by atoms with Crippen LogP contribution in [0.5, 0.6) is 11.5 Å². The molecule has 0 amide bonds. The molecular formula is C14H10BrNO5. The van der Waals surface area contributed by atoms with Crippen LogP contribution in [0.3, 0.4) is 0 Å². The average molecular weight is 352 g/mol. The molecule has 0 aromatic heterocycles. The van der Waals surface area contributed by atoms with Gasteiger partial charge >= 0.3 is 5.97 Å². The van der Waals surface area contributed by atoms with Gasteiger partial charge in [0.15, 0.2) is 0 Å². The Balaban J connectivity index is 2.40. The number of halogens is 1. The van der Waals surface area contributed by atoms with Crippen LogP contribution in [-0.2, 0) is 0 Å². The number of benzene rings is 2. The molecule has 0 radical (unpaired) electrons. The molecule has 0 heterocycles. The van der Waals surface area contributed by atoms with Gasteiger partial charge in [0.2, 0.25) is 0 Å². The molecule has 7 heteroatoms. The molecule has 2 aromatic carbocycles. The number of aryl methyl sites for hydroxylation is 1. The van der Waals surface area contributed by atoms with Gasteiger partial charge in [0.25, 0.3) is 5.69 Å². The highest BCUT2D eigenvalue weighted by Gasteiger charge is 2.12. The smallest absolute Gasteiger partial charge is 0.335 e. The predicted octanol–water partition coefficient (Wildman–Crippen LogP) is 4.16. The van der Waals surface area contributed by atoms with Crippen LogP contribution in [-0.4, -0.2) is 16.0 Å². The van der Waals surface area contributed by atoms with Crippen molar-refractivity contribution in [3.05, 3.63) is 62.1 Å². The molecule has 2 aromatic rings. The summed E-state index contributed by atoms with van der Waals surface area (Å²) in [4.78, 5) is 21.3. The molecule has 6 nitrogen and oxygen atoms in total. The highest BCUT2D eigenvalue weighted by Crippen LogP contribution is 2.31. The van der Waals surface area contributed by atoms with E-state index in [1.807, 2.05) is 0 Å². The Labute approximate surface area is 128 Å². The molecule has 0 fully saturated rings. The highest BCUT2D eigenvalue weighted by molar-refractivity contribution is 9.10. The van der Waals surface area contributed by atoms with Gasteiger partial charge in [-0.1, -0.05) is 15.9 Å². The summed E-state index contributed by atoms with van der Waals surface area (Å²) < 4.78 is 6.12. The summed E-state index contributed by atoms with van der Waals surface area (Å²) in [7, 11) is 0. The zero-order valence-electron chi connectivity index (χ0n) is 10.9. The zero-order chi connectivity index (χ0) is 15.6. The van der Waals surface area contributed by atoms with Crippen LogP contribution < -0.4 is 4.74 Å². The fourth-order valence-electron chi connectivity index (χ4n) is 1.68. The number of carbonyl (C=O) groups is 1. The summed E-state index contributed by atoms with van der Waals surface area (Å²) in [6.07, 6.45) is 0. The summed E-state index contributed by atoms with van der Waals surface area (Å²) in [5.41, 5.74) is 0.670. The fraction of sp³-hybridized carbons (Fsp3) is 0.0714. The third-order valence-electron chi connectivity index (χ3n) is 2.73. The van der Waals surface area contributed by atoms with Crippen molar-refractivity contribution in [3.8, 4) is 11.5 Å². The molecule has 0 saturated heterocycles. The Bertz CT molecular complexity index is 729. The number of nitrogens with zero attached hydrogens (tertiary/aromatic N) is 1. The summed E-state index contributed by atoms with van der Waals surface area (Å²) in [5, 5.41) is 19.8. The van der Waals surface area contributed by atoms with E-state index in [4.69, 9.17) is 9.84 Å². The summed E-state index contributed by atoms with van der Waals surface area (Å²) in [6, 6.07) is 8.64. The van der Waals surface area contributed by atoms with Gasteiger partial charge in [0, 0.05) is 10.5 Å². The van der Waals surface area contributed by atoms with Crippen molar-refractivity contribution >= 4 is 27.6 Å². The topological polar surface area (TPSA) is 89.7 Å². The largest absolute Gasteiger partial charge is 0.478 e. The molecule has 0 atom stereocenters. The maximum absolute atomic E-state index is 11.0. The monoisotopic (exact) mass is 351 g/mol. The number of nitro benzene ring substituents is 1. The quantitative estimate of drug-likeness (QED) is 0.659. The second-order valence-electron chi connectivity index (χ2n) is 4.29. The molecule has 1 N–H and O–H groups in total. The van der Waals surface area contributed by atoms with Crippen LogP contribution in [0.2, 0.25) is 0 Å². The standard InChI is InChI=1S/C14H10BrNO5/c1-8-2-3-11(16(19)20)7-13(8)21-12-5-9(14(17)18)4-10(15)6-12/h2-7H,1H3,(H,17,18). The van der Waals surface area contributed by atoms with E-state index in [9.17, 15) is 14.9 Å². The van der Waals surface area contributed by atoms with Gasteiger partial charge < -0.3 is 9.84 Å². The lowest BCUT2D eigenvalue weighted by Crippen LogP contribution is -1.97. The number of ether oxygens (including phenoxy) is 1. The number of non-ortho nitro benzene ring substituents is 1. The highest BCUT2D eigenvalue weighted by atomic mass is 79.9. The van der Waals surface area contributed by atoms with Gasteiger partial charge in [-0.3, -0.25) is 10.1 Å². The maximum atomic E-state index is 11.0. The molecule has 0 bridgehead atoms. The predicted molar refractivity (Wildman–Crippen MR) is 79.0 cm³/mol. The number of carboxylic acid groups (broad SMARTS) is 1. The molecule has 0 unspecified atom stereocenters. The zero-order valence-corrected chi connectivity index (χ0v) is 12.5. The first-order valence-electron chi connectivity index (χ1n) is 5.83. The summed E-state index contributed by atoms with van der Waals surface area (Å²) in [6.45, 7) is 1.75. The van der Waals surface area contributed by atoms with Crippen LogP contribution in [0.4, 0.5) is 5.69 Å². The van der Waals surface area contributed by atoms with Crippen LogP contribution in [0.1, 0.15) is 15.9 Å². The first kappa shape index (κ1) is 15.0. The molecular weight excluding hydrogens is 342 g/mol. The third-order valence-corrected chi connectivity index (χ3v) is 3.19. The molecule has 0 saturated carbocycles. The van der Waals surface area contributed by atoms with Crippen LogP contribution in [0.25, 0.3) is 0 Å². The van der Waals surface area contributed by atoms with Crippen molar-refractivity contribution in [2.24, 2.45) is 0 Å². The molecule has 0 aliphatic rings. The number of nitro groups is 1. The minimum Gasteiger partial charge on any atom is -0.478 e. The van der Waals surface area contributed by atoms with Crippen molar-refractivity contribution in [1.29, 1.82) is 0 Å². The van der Waals surface area contributed by atoms with Crippen molar-refractivity contribution < 1.29 is 19.6 Å². The lowest BCUT2D eigenvalue weighted by atomic mass is 10.2. The fourth-order valence-corrected chi connectivity index (χ4v) is 2.16. The minimum atomic E-state index is -1.09. The number of carboxylic acids is 1. The minimum absolute atomic E-state index is 0.0578. The number of hydrogen-bond donors (Lipinski definition) is 1. The van der Waals surface area contributed by atoms with Gasteiger partial charge in [-0.2, -0.15) is 0 Å². The Kier molecular flexibility index (Phi) is 4.23. The second-order valence-corrected chi connectivity index (χ2v) is 5.21. The van der Waals surface area contributed by atoms with E-state index in [0.717, 1.165) is 0 Å². The van der Waals surface area contributed by atoms with Gasteiger partial charge in [-0.05, 0) is 36.8 Å². The van der Waals surface area contributed by atoms with Crippen molar-refractivity contribution in [1.82, 2.24) is 0 Å². The van der Waals surface area contributed by atoms with Gasteiger partial charge in [-0.15, -0.1) is 0 Å². The first-order valence-corrected chi connectivity index (χ1v) is 6.63. The molecule has 108 valence electrons. The number of hydrogen-bond acceptors (Lipinski definition) is 4. The van der Waals surface area contributed by atoms with Crippen LogP contribution in [0, 0.1) is 17.0 Å². The average Bonchev–Trinajstić information content (AvgIpc) is 2.40. The van der Waals surface area contributed by atoms with E-state index in [1.165, 1.54) is 24.3 Å². The van der Waals surface area contributed by atoms with E-state index in [1.54, 1.807) is 19.1 Å². The Morgan fingerprint density at radius 3 is 2.62 bits per heavy atom. The van der Waals surface area contributed by atoms with E-state index >= 15 is 0 Å². The van der Waals surface area contributed by atoms with Crippen LogP contribution >= 0.6 is 15.9 Å². The van der Waals surface area contributed by atoms with E-state index in [-0.39, 0.29) is 17.0 Å². The van der Waals surface area contributed by atoms with Gasteiger partial charge in [-0.25, -0.2) is 4.79 Å². The summed E-state index contributed by atoms with van der Waals surface area (Å²) in [5.74, 6) is -0.499. The molecule has 0 spiro atoms. The molecule has 2 rings (SSSR count). The van der Waals surface area contributed by atoms with E-state index in [2.05, 4.69) is 15.9 Å². The Hall–Kier alpha value is -2.41. The van der Waals surface area contributed by atoms with E-state index < -0.39 is 10.9 Å². The van der Waals surface area contributed by atoms with Crippen molar-refractivity contribution in [3.63, 3.8) is 0 Å². The van der Waals surface area contributed by atoms with Gasteiger partial charge in [0.05, 0.1) is 16.6 Å². The van der Waals surface area contributed by atoms with E-state index in [0.29, 0.717) is 15.8 Å². The molecule has 21 heavy (non-hydrogen) atoms. The lowest BCUT2D eigenvalue weighted by molar-refractivity contribution is -0.384.